The first kappa shape index (κ1) is 13.7. The van der Waals surface area contributed by atoms with Gasteiger partial charge >= 0.3 is 0 Å². The van der Waals surface area contributed by atoms with Gasteiger partial charge in [0.25, 0.3) is 0 Å². The first-order valence-electron chi connectivity index (χ1n) is 7.03. The topological polar surface area (TPSA) is 45.0 Å². The second kappa shape index (κ2) is 6.47. The Morgan fingerprint density at radius 3 is 2.37 bits per heavy atom. The number of ether oxygens (including phenoxy) is 1. The smallest absolute Gasteiger partial charge is 0.119 e. The molecule has 1 aliphatic carbocycles. The van der Waals surface area contributed by atoms with Crippen molar-refractivity contribution in [1.82, 2.24) is 0 Å². The van der Waals surface area contributed by atoms with Gasteiger partial charge in [0.1, 0.15) is 11.8 Å². The zero-order valence-corrected chi connectivity index (χ0v) is 11.7. The van der Waals surface area contributed by atoms with E-state index in [1.165, 1.54) is 12.8 Å². The molecule has 0 bridgehead atoms. The third kappa shape index (κ3) is 3.64. The molecule has 1 unspecified atom stereocenters. The Balaban J connectivity index is 1.96. The van der Waals surface area contributed by atoms with Crippen LogP contribution in [0.5, 0.6) is 5.75 Å². The molecule has 0 aromatic heterocycles. The van der Waals surface area contributed by atoms with Gasteiger partial charge in [0.05, 0.1) is 13.2 Å². The van der Waals surface area contributed by atoms with E-state index in [9.17, 15) is 5.26 Å². The van der Waals surface area contributed by atoms with Gasteiger partial charge in [0.15, 0.2) is 0 Å². The summed E-state index contributed by atoms with van der Waals surface area (Å²) in [6, 6.07) is 10.1. The number of anilines is 1. The zero-order valence-electron chi connectivity index (χ0n) is 11.7. The van der Waals surface area contributed by atoms with Gasteiger partial charge in [-0.3, -0.25) is 0 Å². The number of hydrogen-bond acceptors (Lipinski definition) is 3. The monoisotopic (exact) mass is 258 g/mol. The van der Waals surface area contributed by atoms with Crippen LogP contribution in [0.15, 0.2) is 24.3 Å². The van der Waals surface area contributed by atoms with Crippen molar-refractivity contribution in [2.24, 2.45) is 11.8 Å². The maximum atomic E-state index is 9.37. The highest BCUT2D eigenvalue weighted by molar-refractivity contribution is 5.48. The molecular formula is C16H22N2O. The van der Waals surface area contributed by atoms with E-state index in [1.807, 2.05) is 24.3 Å². The van der Waals surface area contributed by atoms with E-state index < -0.39 is 0 Å². The number of methoxy groups -OCH3 is 1. The fourth-order valence-electron chi connectivity index (χ4n) is 2.74. The van der Waals surface area contributed by atoms with Crippen LogP contribution < -0.4 is 10.1 Å². The Hall–Kier alpha value is -1.69. The highest BCUT2D eigenvalue weighted by atomic mass is 16.5. The molecular weight excluding hydrogens is 236 g/mol. The van der Waals surface area contributed by atoms with Crippen molar-refractivity contribution in [3.63, 3.8) is 0 Å². The second-order valence-electron chi connectivity index (χ2n) is 5.50. The highest BCUT2D eigenvalue weighted by Gasteiger charge is 2.25. The van der Waals surface area contributed by atoms with Gasteiger partial charge < -0.3 is 10.1 Å². The van der Waals surface area contributed by atoms with E-state index in [4.69, 9.17) is 4.74 Å². The van der Waals surface area contributed by atoms with E-state index in [2.05, 4.69) is 18.3 Å². The Bertz CT molecular complexity index is 427. The molecule has 1 aliphatic rings. The summed E-state index contributed by atoms with van der Waals surface area (Å²) >= 11 is 0. The molecule has 1 fully saturated rings. The maximum absolute atomic E-state index is 9.37. The summed E-state index contributed by atoms with van der Waals surface area (Å²) in [4.78, 5) is 0. The van der Waals surface area contributed by atoms with Crippen LogP contribution in [0, 0.1) is 23.2 Å². The molecule has 1 saturated carbocycles. The number of nitrogens with one attached hydrogen (secondary N) is 1. The molecule has 0 amide bonds. The summed E-state index contributed by atoms with van der Waals surface area (Å²) in [7, 11) is 1.66. The van der Waals surface area contributed by atoms with Gasteiger partial charge in [-0.15, -0.1) is 0 Å². The van der Waals surface area contributed by atoms with Crippen molar-refractivity contribution in [3.05, 3.63) is 24.3 Å². The second-order valence-corrected chi connectivity index (χ2v) is 5.50. The quantitative estimate of drug-likeness (QED) is 0.892. The Kier molecular flexibility index (Phi) is 4.68. The van der Waals surface area contributed by atoms with Crippen molar-refractivity contribution < 1.29 is 4.74 Å². The number of nitriles is 1. The van der Waals surface area contributed by atoms with Crippen LogP contribution >= 0.6 is 0 Å². The molecule has 19 heavy (non-hydrogen) atoms. The predicted octanol–water partition coefficient (Wildman–Crippen LogP) is 3.83. The number of benzene rings is 1. The van der Waals surface area contributed by atoms with Gasteiger partial charge in [-0.05, 0) is 48.9 Å². The molecule has 1 atom stereocenters. The lowest BCUT2D eigenvalue weighted by Crippen LogP contribution is -2.30. The van der Waals surface area contributed by atoms with Crippen LogP contribution in [0.2, 0.25) is 0 Å². The Morgan fingerprint density at radius 2 is 1.84 bits per heavy atom. The van der Waals surface area contributed by atoms with Crippen LogP contribution in [0.1, 0.15) is 32.6 Å². The Morgan fingerprint density at radius 1 is 1.21 bits per heavy atom. The van der Waals surface area contributed by atoms with E-state index in [-0.39, 0.29) is 6.04 Å². The minimum atomic E-state index is -0.0825. The van der Waals surface area contributed by atoms with Crippen LogP contribution in [0.3, 0.4) is 0 Å². The van der Waals surface area contributed by atoms with E-state index in [0.717, 1.165) is 30.2 Å². The Labute approximate surface area is 115 Å². The molecule has 1 aromatic rings. The fourth-order valence-corrected chi connectivity index (χ4v) is 2.74. The van der Waals surface area contributed by atoms with Crippen LogP contribution in [0.4, 0.5) is 5.69 Å². The summed E-state index contributed by atoms with van der Waals surface area (Å²) in [5, 5.41) is 12.7. The van der Waals surface area contributed by atoms with Gasteiger partial charge in [0, 0.05) is 5.69 Å². The molecule has 3 heteroatoms. The van der Waals surface area contributed by atoms with Gasteiger partial charge in [0.2, 0.25) is 0 Å². The molecule has 2 rings (SSSR count). The first-order valence-corrected chi connectivity index (χ1v) is 7.03. The standard InChI is InChI=1S/C16H22N2O/c1-12-3-5-13(6-4-12)16(11-17)18-14-7-9-15(19-2)10-8-14/h7-10,12-13,16,18H,3-6H2,1-2H3. The van der Waals surface area contributed by atoms with E-state index in [0.29, 0.717) is 5.92 Å². The largest absolute Gasteiger partial charge is 0.497 e. The van der Waals surface area contributed by atoms with Crippen molar-refractivity contribution in [2.75, 3.05) is 12.4 Å². The highest BCUT2D eigenvalue weighted by Crippen LogP contribution is 2.31. The lowest BCUT2D eigenvalue weighted by atomic mass is 9.79. The van der Waals surface area contributed by atoms with Crippen molar-refractivity contribution >= 4 is 5.69 Å². The van der Waals surface area contributed by atoms with Gasteiger partial charge in [-0.25, -0.2) is 0 Å². The molecule has 0 spiro atoms. The fraction of sp³-hybridized carbons (Fsp3) is 0.562. The van der Waals surface area contributed by atoms with Crippen LogP contribution in [-0.2, 0) is 0 Å². The summed E-state index contributed by atoms with van der Waals surface area (Å²) in [6.45, 7) is 2.30. The number of rotatable bonds is 4. The summed E-state index contributed by atoms with van der Waals surface area (Å²) < 4.78 is 5.14. The molecule has 0 radical (unpaired) electrons. The van der Waals surface area contributed by atoms with Crippen LogP contribution in [-0.4, -0.2) is 13.2 Å². The minimum Gasteiger partial charge on any atom is -0.497 e. The molecule has 3 nitrogen and oxygen atoms in total. The molecule has 0 aliphatic heterocycles. The SMILES string of the molecule is COc1ccc(NC(C#N)C2CCC(C)CC2)cc1. The lowest BCUT2D eigenvalue weighted by molar-refractivity contribution is 0.282. The summed E-state index contributed by atoms with van der Waals surface area (Å²) in [6.07, 6.45) is 4.80. The zero-order chi connectivity index (χ0) is 13.7. The average Bonchev–Trinajstić information content (AvgIpc) is 2.46. The molecule has 1 aromatic carbocycles. The third-order valence-corrected chi connectivity index (χ3v) is 4.08. The molecule has 1 N–H and O–H groups in total. The molecule has 0 heterocycles. The third-order valence-electron chi connectivity index (χ3n) is 4.08. The average molecular weight is 258 g/mol. The van der Waals surface area contributed by atoms with Crippen molar-refractivity contribution in [2.45, 2.75) is 38.6 Å². The van der Waals surface area contributed by atoms with Crippen LogP contribution in [0.25, 0.3) is 0 Å². The maximum Gasteiger partial charge on any atom is 0.119 e. The molecule has 102 valence electrons. The lowest BCUT2D eigenvalue weighted by Gasteiger charge is -2.30. The first-order chi connectivity index (χ1) is 9.22. The van der Waals surface area contributed by atoms with Crippen molar-refractivity contribution in [3.8, 4) is 11.8 Å². The van der Waals surface area contributed by atoms with E-state index in [1.54, 1.807) is 7.11 Å². The predicted molar refractivity (Wildman–Crippen MR) is 77.1 cm³/mol. The van der Waals surface area contributed by atoms with Gasteiger partial charge in [-0.1, -0.05) is 19.8 Å². The normalized spacial score (nSPS) is 24.3. The number of nitrogens with zero attached hydrogens (tertiary/aromatic N) is 1. The summed E-state index contributed by atoms with van der Waals surface area (Å²) in [5.41, 5.74) is 0.992. The van der Waals surface area contributed by atoms with Crippen molar-refractivity contribution in [1.29, 1.82) is 5.26 Å². The minimum absolute atomic E-state index is 0.0825. The van der Waals surface area contributed by atoms with E-state index >= 15 is 0 Å². The molecule has 0 saturated heterocycles. The number of hydrogen-bond donors (Lipinski definition) is 1. The summed E-state index contributed by atoms with van der Waals surface area (Å²) in [5.74, 6) is 2.13. The van der Waals surface area contributed by atoms with Gasteiger partial charge in [-0.2, -0.15) is 5.26 Å².